The summed E-state index contributed by atoms with van der Waals surface area (Å²) in [6.07, 6.45) is 1.83. The lowest BCUT2D eigenvalue weighted by molar-refractivity contribution is -0.295. The van der Waals surface area contributed by atoms with Gasteiger partial charge in [0.15, 0.2) is 0 Å². The van der Waals surface area contributed by atoms with E-state index in [0.717, 1.165) is 12.8 Å². The van der Waals surface area contributed by atoms with Gasteiger partial charge in [0.1, 0.15) is 11.4 Å². The van der Waals surface area contributed by atoms with Gasteiger partial charge in [-0.3, -0.25) is 4.79 Å². The van der Waals surface area contributed by atoms with E-state index in [1.54, 1.807) is 37.2 Å². The van der Waals surface area contributed by atoms with Crippen LogP contribution in [0.5, 0.6) is 0 Å². The number of likely N-dealkylation sites (tertiary alicyclic amines) is 1. The van der Waals surface area contributed by atoms with Crippen molar-refractivity contribution in [2.24, 2.45) is 11.8 Å². The van der Waals surface area contributed by atoms with Crippen molar-refractivity contribution in [2.75, 3.05) is 20.6 Å². The van der Waals surface area contributed by atoms with E-state index in [9.17, 15) is 15.0 Å². The normalized spacial score (nSPS) is 22.7. The van der Waals surface area contributed by atoms with Crippen LogP contribution in [-0.2, 0) is 5.91 Å². The molecule has 0 radical (unpaired) electrons. The van der Waals surface area contributed by atoms with Crippen LogP contribution in [0.1, 0.15) is 49.8 Å². The monoisotopic (exact) mass is 335 g/mol. The van der Waals surface area contributed by atoms with Gasteiger partial charge in [0.05, 0.1) is 0 Å². The lowest BCUT2D eigenvalue weighted by atomic mass is 9.83. The molecule has 2 N–H and O–H groups in total. The van der Waals surface area contributed by atoms with Crippen molar-refractivity contribution in [1.29, 1.82) is 0 Å². The minimum Gasteiger partial charge on any atom is -0.348 e. The first-order chi connectivity index (χ1) is 11.1. The standard InChI is InChI=1S/C18H29N3O3/c1-12(2)14-9-10-21(13(3)11-14)18(23,24)16-8-6-7-15(19-16)17(22)20(4)5/h6-8,12-14,23-24H,9-11H2,1-5H3. The number of pyridine rings is 1. The Bertz CT molecular complexity index is 587. The Morgan fingerprint density at radius 3 is 2.58 bits per heavy atom. The van der Waals surface area contributed by atoms with Crippen molar-refractivity contribution >= 4 is 5.91 Å². The van der Waals surface area contributed by atoms with Gasteiger partial charge < -0.3 is 15.1 Å². The molecule has 1 aromatic heterocycles. The Hall–Kier alpha value is -1.50. The predicted octanol–water partition coefficient (Wildman–Crippen LogP) is 1.63. The molecule has 0 bridgehead atoms. The fourth-order valence-electron chi connectivity index (χ4n) is 3.39. The molecule has 1 saturated heterocycles. The highest BCUT2D eigenvalue weighted by molar-refractivity contribution is 5.91. The second kappa shape index (κ2) is 7.17. The van der Waals surface area contributed by atoms with Gasteiger partial charge in [0.25, 0.3) is 11.8 Å². The Morgan fingerprint density at radius 1 is 1.38 bits per heavy atom. The summed E-state index contributed by atoms with van der Waals surface area (Å²) in [4.78, 5) is 19.3. The lowest BCUT2D eigenvalue weighted by Crippen LogP contribution is -2.55. The predicted molar refractivity (Wildman–Crippen MR) is 92.1 cm³/mol. The van der Waals surface area contributed by atoms with Gasteiger partial charge in [-0.1, -0.05) is 19.9 Å². The van der Waals surface area contributed by atoms with Gasteiger partial charge >= 0.3 is 0 Å². The average molecular weight is 335 g/mol. The number of nitrogens with zero attached hydrogens (tertiary/aromatic N) is 3. The Kier molecular flexibility index (Phi) is 5.63. The number of hydrogen-bond donors (Lipinski definition) is 2. The Labute approximate surface area is 144 Å². The molecule has 134 valence electrons. The fourth-order valence-corrected chi connectivity index (χ4v) is 3.39. The SMILES string of the molecule is CC(C)C1CCN(C(O)(O)c2cccc(C(=O)N(C)C)n2)C(C)C1. The molecule has 1 fully saturated rings. The van der Waals surface area contributed by atoms with Gasteiger partial charge in [0, 0.05) is 26.7 Å². The minimum atomic E-state index is -2.18. The molecular formula is C18H29N3O3. The molecular weight excluding hydrogens is 306 g/mol. The number of carbonyl (C=O) groups excluding carboxylic acids is 1. The molecule has 2 unspecified atom stereocenters. The molecule has 0 aliphatic carbocycles. The van der Waals surface area contributed by atoms with E-state index < -0.39 is 5.91 Å². The van der Waals surface area contributed by atoms with Crippen molar-refractivity contribution in [3.8, 4) is 0 Å². The topological polar surface area (TPSA) is 76.9 Å². The Balaban J connectivity index is 2.24. The summed E-state index contributed by atoms with van der Waals surface area (Å²) in [5.41, 5.74) is 0.291. The first-order valence-electron chi connectivity index (χ1n) is 8.55. The molecule has 0 aromatic carbocycles. The number of aliphatic hydroxyl groups is 2. The molecule has 6 heteroatoms. The Morgan fingerprint density at radius 2 is 2.04 bits per heavy atom. The van der Waals surface area contributed by atoms with E-state index in [0.29, 0.717) is 18.4 Å². The van der Waals surface area contributed by atoms with Crippen LogP contribution >= 0.6 is 0 Å². The average Bonchev–Trinajstić information content (AvgIpc) is 2.53. The number of piperidine rings is 1. The molecule has 2 atom stereocenters. The van der Waals surface area contributed by atoms with Crippen LogP contribution in [0.25, 0.3) is 0 Å². The van der Waals surface area contributed by atoms with Gasteiger partial charge in [-0.2, -0.15) is 0 Å². The zero-order chi connectivity index (χ0) is 18.1. The van der Waals surface area contributed by atoms with Gasteiger partial charge in [-0.15, -0.1) is 0 Å². The number of amides is 1. The van der Waals surface area contributed by atoms with Crippen LogP contribution in [0, 0.1) is 11.8 Å². The van der Waals surface area contributed by atoms with E-state index in [2.05, 4.69) is 18.8 Å². The summed E-state index contributed by atoms with van der Waals surface area (Å²) in [6.45, 7) is 7.00. The zero-order valence-corrected chi connectivity index (χ0v) is 15.2. The van der Waals surface area contributed by atoms with E-state index in [1.165, 1.54) is 4.90 Å². The van der Waals surface area contributed by atoms with Crippen molar-refractivity contribution in [2.45, 2.75) is 45.6 Å². The molecule has 6 nitrogen and oxygen atoms in total. The molecule has 0 spiro atoms. The van der Waals surface area contributed by atoms with Gasteiger partial charge in [-0.25, -0.2) is 9.88 Å². The van der Waals surface area contributed by atoms with Gasteiger partial charge in [-0.05, 0) is 43.7 Å². The highest BCUT2D eigenvalue weighted by Crippen LogP contribution is 2.34. The molecule has 1 aliphatic heterocycles. The van der Waals surface area contributed by atoms with Crippen molar-refractivity contribution < 1.29 is 15.0 Å². The van der Waals surface area contributed by atoms with Crippen molar-refractivity contribution in [3.05, 3.63) is 29.6 Å². The maximum absolute atomic E-state index is 12.1. The molecule has 2 rings (SSSR count). The summed E-state index contributed by atoms with van der Waals surface area (Å²) in [5.74, 6) is -1.27. The van der Waals surface area contributed by atoms with E-state index in [1.807, 2.05) is 6.92 Å². The highest BCUT2D eigenvalue weighted by Gasteiger charge is 2.42. The summed E-state index contributed by atoms with van der Waals surface area (Å²) >= 11 is 0. The van der Waals surface area contributed by atoms with Crippen LogP contribution < -0.4 is 0 Å². The summed E-state index contributed by atoms with van der Waals surface area (Å²) in [6, 6.07) is 4.78. The zero-order valence-electron chi connectivity index (χ0n) is 15.2. The summed E-state index contributed by atoms with van der Waals surface area (Å²) in [7, 11) is 3.28. The quantitative estimate of drug-likeness (QED) is 0.818. The molecule has 1 aromatic rings. The largest absolute Gasteiger partial charge is 0.348 e. The lowest BCUT2D eigenvalue weighted by Gasteiger charge is -2.45. The maximum Gasteiger partial charge on any atom is 0.271 e. The summed E-state index contributed by atoms with van der Waals surface area (Å²) in [5, 5.41) is 21.5. The van der Waals surface area contributed by atoms with Crippen LogP contribution in [0.2, 0.25) is 0 Å². The third-order valence-electron chi connectivity index (χ3n) is 4.98. The smallest absolute Gasteiger partial charge is 0.271 e. The van der Waals surface area contributed by atoms with Crippen LogP contribution in [0.15, 0.2) is 18.2 Å². The highest BCUT2D eigenvalue weighted by atomic mass is 16.5. The fraction of sp³-hybridized carbons (Fsp3) is 0.667. The van der Waals surface area contributed by atoms with E-state index in [4.69, 9.17) is 0 Å². The van der Waals surface area contributed by atoms with Crippen LogP contribution in [0.4, 0.5) is 0 Å². The summed E-state index contributed by atoms with van der Waals surface area (Å²) < 4.78 is 0. The first-order valence-corrected chi connectivity index (χ1v) is 8.55. The minimum absolute atomic E-state index is 0.0242. The number of hydrogen-bond acceptors (Lipinski definition) is 5. The van der Waals surface area contributed by atoms with E-state index in [-0.39, 0.29) is 23.3 Å². The number of aromatic nitrogens is 1. The molecule has 24 heavy (non-hydrogen) atoms. The van der Waals surface area contributed by atoms with Gasteiger partial charge in [0.2, 0.25) is 0 Å². The molecule has 2 heterocycles. The second-order valence-corrected chi connectivity index (χ2v) is 7.31. The first kappa shape index (κ1) is 18.8. The molecule has 1 aliphatic rings. The van der Waals surface area contributed by atoms with Crippen LogP contribution in [-0.4, -0.2) is 57.6 Å². The van der Waals surface area contributed by atoms with Crippen LogP contribution in [0.3, 0.4) is 0 Å². The number of rotatable bonds is 4. The van der Waals surface area contributed by atoms with E-state index >= 15 is 0 Å². The maximum atomic E-state index is 12.1. The number of carbonyl (C=O) groups is 1. The third-order valence-corrected chi connectivity index (χ3v) is 4.98. The molecule has 0 saturated carbocycles. The molecule has 1 amide bonds. The van der Waals surface area contributed by atoms with Crippen molar-refractivity contribution in [3.63, 3.8) is 0 Å². The third kappa shape index (κ3) is 3.77. The van der Waals surface area contributed by atoms with Crippen molar-refractivity contribution in [1.82, 2.24) is 14.8 Å². The second-order valence-electron chi connectivity index (χ2n) is 7.31.